The van der Waals surface area contributed by atoms with E-state index in [2.05, 4.69) is 31.2 Å². The Hall–Kier alpha value is -0.120. The zero-order valence-electron chi connectivity index (χ0n) is 8.76. The summed E-state index contributed by atoms with van der Waals surface area (Å²) < 4.78 is 4.94. The molecule has 3 heteroatoms. The van der Waals surface area contributed by atoms with Gasteiger partial charge in [0.15, 0.2) is 0 Å². The molecule has 0 heterocycles. The average molecular weight is 174 g/mol. The summed E-state index contributed by atoms with van der Waals surface area (Å²) in [7, 11) is 5.93. The van der Waals surface area contributed by atoms with E-state index in [0.29, 0.717) is 6.04 Å². The predicted molar refractivity (Wildman–Crippen MR) is 52.5 cm³/mol. The minimum Gasteiger partial charge on any atom is -0.383 e. The lowest BCUT2D eigenvalue weighted by Crippen LogP contribution is -2.32. The van der Waals surface area contributed by atoms with Gasteiger partial charge in [0.25, 0.3) is 0 Å². The van der Waals surface area contributed by atoms with Crippen molar-refractivity contribution >= 4 is 0 Å². The lowest BCUT2D eigenvalue weighted by molar-refractivity contribution is 0.195. The molecule has 74 valence electrons. The molecule has 1 N–H and O–H groups in total. The van der Waals surface area contributed by atoms with Crippen LogP contribution < -0.4 is 5.32 Å². The summed E-state index contributed by atoms with van der Waals surface area (Å²) in [6, 6.07) is 0.586. The van der Waals surface area contributed by atoms with Crippen LogP contribution in [0.2, 0.25) is 0 Å². The van der Waals surface area contributed by atoms with Gasteiger partial charge in [-0.05, 0) is 34.0 Å². The van der Waals surface area contributed by atoms with Gasteiger partial charge in [-0.3, -0.25) is 0 Å². The van der Waals surface area contributed by atoms with Crippen LogP contribution in [0.1, 0.15) is 13.3 Å². The van der Waals surface area contributed by atoms with E-state index < -0.39 is 0 Å². The molecule has 0 aliphatic carbocycles. The van der Waals surface area contributed by atoms with Gasteiger partial charge in [-0.25, -0.2) is 0 Å². The molecule has 1 unspecified atom stereocenters. The van der Waals surface area contributed by atoms with Gasteiger partial charge >= 0.3 is 0 Å². The molecule has 0 saturated carbocycles. The van der Waals surface area contributed by atoms with Crippen LogP contribution in [0.4, 0.5) is 0 Å². The standard InChI is InChI=1S/C9H22N2O/c1-9(5-7-11(2)3)10-6-8-12-4/h9-10H,5-8H2,1-4H3. The van der Waals surface area contributed by atoms with Gasteiger partial charge in [0.05, 0.1) is 6.61 Å². The molecule has 0 bridgehead atoms. The highest BCUT2D eigenvalue weighted by atomic mass is 16.5. The molecule has 12 heavy (non-hydrogen) atoms. The van der Waals surface area contributed by atoms with Crippen molar-refractivity contribution in [3.8, 4) is 0 Å². The second-order valence-electron chi connectivity index (χ2n) is 3.44. The van der Waals surface area contributed by atoms with E-state index >= 15 is 0 Å². The Kier molecular flexibility index (Phi) is 7.45. The van der Waals surface area contributed by atoms with E-state index in [1.54, 1.807) is 7.11 Å². The molecule has 0 aliphatic rings. The highest BCUT2D eigenvalue weighted by Crippen LogP contribution is 1.90. The number of rotatable bonds is 7. The van der Waals surface area contributed by atoms with Crippen LogP contribution in [0.3, 0.4) is 0 Å². The van der Waals surface area contributed by atoms with E-state index in [1.807, 2.05) is 0 Å². The van der Waals surface area contributed by atoms with E-state index in [1.165, 1.54) is 6.42 Å². The lowest BCUT2D eigenvalue weighted by atomic mass is 10.2. The average Bonchev–Trinajstić information content (AvgIpc) is 2.01. The van der Waals surface area contributed by atoms with E-state index in [-0.39, 0.29) is 0 Å². The largest absolute Gasteiger partial charge is 0.383 e. The summed E-state index contributed by atoms with van der Waals surface area (Å²) >= 11 is 0. The van der Waals surface area contributed by atoms with E-state index in [4.69, 9.17) is 4.74 Å². The number of nitrogens with zero attached hydrogens (tertiary/aromatic N) is 1. The third kappa shape index (κ3) is 7.98. The molecule has 0 aromatic heterocycles. The van der Waals surface area contributed by atoms with Crippen LogP contribution in [0.25, 0.3) is 0 Å². The molecule has 1 atom stereocenters. The zero-order valence-corrected chi connectivity index (χ0v) is 8.76. The van der Waals surface area contributed by atoms with Gasteiger partial charge in [-0.1, -0.05) is 0 Å². The first kappa shape index (κ1) is 11.9. The first-order chi connectivity index (χ1) is 5.66. The lowest BCUT2D eigenvalue weighted by Gasteiger charge is -2.16. The highest BCUT2D eigenvalue weighted by molar-refractivity contribution is 4.61. The van der Waals surface area contributed by atoms with Gasteiger partial charge in [-0.15, -0.1) is 0 Å². The number of nitrogens with one attached hydrogen (secondary N) is 1. The maximum absolute atomic E-state index is 4.94. The summed E-state index contributed by atoms with van der Waals surface area (Å²) in [6.45, 7) is 5.09. The third-order valence-electron chi connectivity index (χ3n) is 1.81. The summed E-state index contributed by atoms with van der Waals surface area (Å²) in [4.78, 5) is 2.20. The SMILES string of the molecule is COCCNC(C)CCN(C)C. The fourth-order valence-corrected chi connectivity index (χ4v) is 0.961. The van der Waals surface area contributed by atoms with Crippen molar-refractivity contribution < 1.29 is 4.74 Å². The van der Waals surface area contributed by atoms with Crippen LogP contribution in [0, 0.1) is 0 Å². The van der Waals surface area contributed by atoms with Crippen molar-refractivity contribution in [3.63, 3.8) is 0 Å². The van der Waals surface area contributed by atoms with Crippen molar-refractivity contribution in [2.45, 2.75) is 19.4 Å². The molecule has 0 rings (SSSR count). The van der Waals surface area contributed by atoms with Gasteiger partial charge in [0, 0.05) is 19.7 Å². The molecule has 0 aliphatic heterocycles. The Bertz CT molecular complexity index is 96.5. The quantitative estimate of drug-likeness (QED) is 0.571. The second kappa shape index (κ2) is 7.53. The summed E-state index contributed by atoms with van der Waals surface area (Å²) in [5.74, 6) is 0. The van der Waals surface area contributed by atoms with Gasteiger partial charge < -0.3 is 15.0 Å². The summed E-state index contributed by atoms with van der Waals surface area (Å²) in [6.07, 6.45) is 1.19. The first-order valence-corrected chi connectivity index (χ1v) is 4.54. The van der Waals surface area contributed by atoms with E-state index in [9.17, 15) is 0 Å². The smallest absolute Gasteiger partial charge is 0.0587 e. The van der Waals surface area contributed by atoms with Crippen LogP contribution in [-0.2, 0) is 4.74 Å². The maximum Gasteiger partial charge on any atom is 0.0587 e. The summed E-state index contributed by atoms with van der Waals surface area (Å²) in [5, 5.41) is 3.39. The van der Waals surface area contributed by atoms with Crippen molar-refractivity contribution in [3.05, 3.63) is 0 Å². The molecule has 0 radical (unpaired) electrons. The van der Waals surface area contributed by atoms with Crippen LogP contribution >= 0.6 is 0 Å². The molecular weight excluding hydrogens is 152 g/mol. The molecule has 0 saturated heterocycles. The Morgan fingerprint density at radius 3 is 2.58 bits per heavy atom. The van der Waals surface area contributed by atoms with Crippen molar-refractivity contribution in [2.75, 3.05) is 40.9 Å². The Balaban J connectivity index is 3.15. The zero-order chi connectivity index (χ0) is 9.40. The molecule has 0 spiro atoms. The van der Waals surface area contributed by atoms with E-state index in [0.717, 1.165) is 19.7 Å². The molecule has 0 aromatic carbocycles. The summed E-state index contributed by atoms with van der Waals surface area (Å²) in [5.41, 5.74) is 0. The second-order valence-corrected chi connectivity index (χ2v) is 3.44. The fourth-order valence-electron chi connectivity index (χ4n) is 0.961. The predicted octanol–water partition coefficient (Wildman–Crippen LogP) is 0.563. The Morgan fingerprint density at radius 1 is 1.42 bits per heavy atom. The number of hydrogen-bond acceptors (Lipinski definition) is 3. The Morgan fingerprint density at radius 2 is 2.08 bits per heavy atom. The third-order valence-corrected chi connectivity index (χ3v) is 1.81. The topological polar surface area (TPSA) is 24.5 Å². The maximum atomic E-state index is 4.94. The number of hydrogen-bond donors (Lipinski definition) is 1. The van der Waals surface area contributed by atoms with Crippen LogP contribution in [0.15, 0.2) is 0 Å². The molecular formula is C9H22N2O. The first-order valence-electron chi connectivity index (χ1n) is 4.54. The van der Waals surface area contributed by atoms with Gasteiger partial charge in [0.2, 0.25) is 0 Å². The van der Waals surface area contributed by atoms with Gasteiger partial charge in [0.1, 0.15) is 0 Å². The molecule has 3 nitrogen and oxygen atoms in total. The Labute approximate surface area is 76.1 Å². The number of methoxy groups -OCH3 is 1. The monoisotopic (exact) mass is 174 g/mol. The van der Waals surface area contributed by atoms with Crippen LogP contribution in [-0.4, -0.2) is 51.8 Å². The number of ether oxygens (including phenoxy) is 1. The molecule has 0 fully saturated rings. The van der Waals surface area contributed by atoms with Gasteiger partial charge in [-0.2, -0.15) is 0 Å². The molecule has 0 aromatic rings. The van der Waals surface area contributed by atoms with Crippen molar-refractivity contribution in [1.82, 2.24) is 10.2 Å². The van der Waals surface area contributed by atoms with Crippen molar-refractivity contribution in [1.29, 1.82) is 0 Å². The fraction of sp³-hybridized carbons (Fsp3) is 1.00. The van der Waals surface area contributed by atoms with Crippen LogP contribution in [0.5, 0.6) is 0 Å². The minimum absolute atomic E-state index is 0.586. The normalized spacial score (nSPS) is 13.8. The highest BCUT2D eigenvalue weighted by Gasteiger charge is 2.00. The minimum atomic E-state index is 0.586. The molecule has 0 amide bonds. The van der Waals surface area contributed by atoms with Crippen molar-refractivity contribution in [2.24, 2.45) is 0 Å².